The molecule has 0 atom stereocenters. The van der Waals surface area contributed by atoms with E-state index in [1.807, 2.05) is 13.8 Å². The molecule has 2 rings (SSSR count). The summed E-state index contributed by atoms with van der Waals surface area (Å²) in [5.74, 6) is 0.172. The van der Waals surface area contributed by atoms with Gasteiger partial charge in [-0.05, 0) is 38.1 Å². The number of amides is 2. The van der Waals surface area contributed by atoms with Gasteiger partial charge in [0.2, 0.25) is 17.0 Å². The molecule has 2 amide bonds. The maximum atomic E-state index is 12.2. The molecule has 9 heteroatoms. The topological polar surface area (TPSA) is 117 Å². The van der Waals surface area contributed by atoms with E-state index in [4.69, 9.17) is 5.73 Å². The van der Waals surface area contributed by atoms with E-state index >= 15 is 0 Å². The van der Waals surface area contributed by atoms with Gasteiger partial charge in [-0.15, -0.1) is 5.10 Å². The number of rotatable bonds is 7. The molecule has 0 bridgehead atoms. The predicted molar refractivity (Wildman–Crippen MR) is 93.8 cm³/mol. The van der Waals surface area contributed by atoms with Crippen LogP contribution >= 0.6 is 11.8 Å². The van der Waals surface area contributed by atoms with E-state index in [1.54, 1.807) is 29.2 Å². The van der Waals surface area contributed by atoms with Crippen molar-refractivity contribution in [1.29, 1.82) is 0 Å². The van der Waals surface area contributed by atoms with Crippen molar-refractivity contribution in [2.24, 2.45) is 0 Å². The van der Waals surface area contributed by atoms with E-state index in [9.17, 15) is 9.59 Å². The van der Waals surface area contributed by atoms with Gasteiger partial charge in [-0.2, -0.15) is 4.98 Å². The summed E-state index contributed by atoms with van der Waals surface area (Å²) in [4.78, 5) is 29.8. The highest BCUT2D eigenvalue weighted by Gasteiger charge is 2.12. The summed E-state index contributed by atoms with van der Waals surface area (Å²) in [5.41, 5.74) is 6.64. The number of nitrogens with two attached hydrogens (primary N) is 1. The van der Waals surface area contributed by atoms with Crippen LogP contribution in [0.3, 0.4) is 0 Å². The van der Waals surface area contributed by atoms with Gasteiger partial charge in [0.1, 0.15) is 0 Å². The van der Waals surface area contributed by atoms with Crippen LogP contribution in [0.4, 0.5) is 11.6 Å². The summed E-state index contributed by atoms with van der Waals surface area (Å²) >= 11 is 1.18. The quantitative estimate of drug-likeness (QED) is 0.654. The van der Waals surface area contributed by atoms with E-state index in [0.717, 1.165) is 0 Å². The van der Waals surface area contributed by atoms with Crippen molar-refractivity contribution < 1.29 is 9.59 Å². The third-order valence-electron chi connectivity index (χ3n) is 3.28. The van der Waals surface area contributed by atoms with Gasteiger partial charge in [-0.1, -0.05) is 11.8 Å². The molecule has 1 heterocycles. The number of carbonyl (C=O) groups is 2. The maximum Gasteiger partial charge on any atom is 0.253 e. The van der Waals surface area contributed by atoms with Crippen LogP contribution in [0.1, 0.15) is 24.2 Å². The van der Waals surface area contributed by atoms with Crippen molar-refractivity contribution in [3.05, 3.63) is 29.8 Å². The molecule has 128 valence electrons. The lowest BCUT2D eigenvalue weighted by atomic mass is 10.2. The van der Waals surface area contributed by atoms with Crippen LogP contribution in [-0.2, 0) is 4.79 Å². The Labute approximate surface area is 144 Å². The van der Waals surface area contributed by atoms with Crippen LogP contribution in [0.2, 0.25) is 0 Å². The summed E-state index contributed by atoms with van der Waals surface area (Å²) in [6, 6.07) is 6.84. The highest BCUT2D eigenvalue weighted by atomic mass is 32.2. The normalized spacial score (nSPS) is 10.4. The lowest BCUT2D eigenvalue weighted by molar-refractivity contribution is -0.113. The third kappa shape index (κ3) is 4.72. The molecule has 1 aromatic heterocycles. The standard InChI is InChI=1S/C15H20N6O2S/c1-3-21(4-2)13(23)10-5-7-11(8-6-10)17-12(22)9-24-15-18-14(16)19-20-15/h5-8H,3-4,9H2,1-2H3,(H,17,22)(H3,16,18,19,20). The van der Waals surface area contributed by atoms with Gasteiger partial charge >= 0.3 is 0 Å². The largest absolute Gasteiger partial charge is 0.368 e. The first kappa shape index (κ1) is 17.8. The van der Waals surface area contributed by atoms with Crippen LogP contribution in [0.25, 0.3) is 0 Å². The number of aromatic nitrogens is 3. The highest BCUT2D eigenvalue weighted by molar-refractivity contribution is 7.99. The number of carbonyl (C=O) groups excluding carboxylic acids is 2. The highest BCUT2D eigenvalue weighted by Crippen LogP contribution is 2.15. The minimum atomic E-state index is -0.189. The van der Waals surface area contributed by atoms with Gasteiger partial charge in [0.05, 0.1) is 5.75 Å². The number of aromatic amines is 1. The molecule has 0 aliphatic heterocycles. The van der Waals surface area contributed by atoms with Crippen LogP contribution < -0.4 is 11.1 Å². The van der Waals surface area contributed by atoms with Crippen LogP contribution in [0.15, 0.2) is 29.4 Å². The molecule has 0 aliphatic rings. The summed E-state index contributed by atoms with van der Waals surface area (Å²) in [6.45, 7) is 5.21. The number of thioether (sulfide) groups is 1. The minimum absolute atomic E-state index is 0.0179. The van der Waals surface area contributed by atoms with Crippen LogP contribution in [0, 0.1) is 0 Å². The zero-order valence-electron chi connectivity index (χ0n) is 13.6. The molecule has 0 spiro atoms. The molecule has 0 saturated heterocycles. The minimum Gasteiger partial charge on any atom is -0.368 e. The molecule has 2 aromatic rings. The van der Waals surface area contributed by atoms with E-state index in [-0.39, 0.29) is 23.5 Å². The van der Waals surface area contributed by atoms with Crippen molar-refractivity contribution in [2.45, 2.75) is 19.0 Å². The second-order valence-corrected chi connectivity index (χ2v) is 5.84. The lowest BCUT2D eigenvalue weighted by Gasteiger charge is -2.18. The smallest absolute Gasteiger partial charge is 0.253 e. The lowest BCUT2D eigenvalue weighted by Crippen LogP contribution is -2.30. The molecule has 0 radical (unpaired) electrons. The number of anilines is 2. The number of benzene rings is 1. The van der Waals surface area contributed by atoms with Gasteiger partial charge in [0, 0.05) is 24.3 Å². The molecule has 1 aromatic carbocycles. The predicted octanol–water partition coefficient (Wildman–Crippen LogP) is 1.60. The fourth-order valence-corrected chi connectivity index (χ4v) is 2.64. The first-order valence-corrected chi connectivity index (χ1v) is 8.51. The van der Waals surface area contributed by atoms with Gasteiger partial charge in [-0.3, -0.25) is 9.59 Å². The Morgan fingerprint density at radius 2 is 1.92 bits per heavy atom. The Morgan fingerprint density at radius 1 is 1.25 bits per heavy atom. The average molecular weight is 348 g/mol. The molecule has 0 unspecified atom stereocenters. The number of H-pyrrole nitrogens is 1. The van der Waals surface area contributed by atoms with Gasteiger partial charge in [0.25, 0.3) is 5.91 Å². The summed E-state index contributed by atoms with van der Waals surface area (Å²) < 4.78 is 0. The van der Waals surface area contributed by atoms with Gasteiger partial charge < -0.3 is 16.0 Å². The summed E-state index contributed by atoms with van der Waals surface area (Å²) in [6.07, 6.45) is 0. The average Bonchev–Trinajstić information content (AvgIpc) is 3.00. The maximum absolute atomic E-state index is 12.2. The number of hydrogen-bond acceptors (Lipinski definition) is 6. The molecular weight excluding hydrogens is 328 g/mol. The Kier molecular flexibility index (Phi) is 6.19. The van der Waals surface area contributed by atoms with E-state index in [0.29, 0.717) is 29.5 Å². The molecule has 4 N–H and O–H groups in total. The fourth-order valence-electron chi connectivity index (χ4n) is 2.04. The summed E-state index contributed by atoms with van der Waals surface area (Å²) in [7, 11) is 0. The molecule has 0 fully saturated rings. The second-order valence-electron chi connectivity index (χ2n) is 4.89. The van der Waals surface area contributed by atoms with Crippen molar-refractivity contribution in [3.8, 4) is 0 Å². The van der Waals surface area contributed by atoms with Crippen molar-refractivity contribution in [2.75, 3.05) is 29.9 Å². The zero-order valence-corrected chi connectivity index (χ0v) is 14.4. The molecule has 24 heavy (non-hydrogen) atoms. The first-order valence-electron chi connectivity index (χ1n) is 7.53. The van der Waals surface area contributed by atoms with Crippen LogP contribution in [0.5, 0.6) is 0 Å². The summed E-state index contributed by atoms with van der Waals surface area (Å²) in [5, 5.41) is 9.52. The zero-order chi connectivity index (χ0) is 17.5. The Bertz CT molecular complexity index is 696. The monoisotopic (exact) mass is 348 g/mol. The molecule has 0 aliphatic carbocycles. The van der Waals surface area contributed by atoms with Gasteiger partial charge in [0.15, 0.2) is 0 Å². The fraction of sp³-hybridized carbons (Fsp3) is 0.333. The van der Waals surface area contributed by atoms with Gasteiger partial charge in [-0.25, -0.2) is 5.10 Å². The number of nitrogen functional groups attached to an aromatic ring is 1. The van der Waals surface area contributed by atoms with Crippen LogP contribution in [-0.4, -0.2) is 50.7 Å². The molecule has 0 saturated carbocycles. The number of nitrogens with one attached hydrogen (secondary N) is 2. The number of hydrogen-bond donors (Lipinski definition) is 3. The Morgan fingerprint density at radius 3 is 2.46 bits per heavy atom. The Hall–Kier alpha value is -2.55. The van der Waals surface area contributed by atoms with E-state index in [1.165, 1.54) is 11.8 Å². The van der Waals surface area contributed by atoms with Crippen molar-refractivity contribution in [1.82, 2.24) is 20.1 Å². The first-order chi connectivity index (χ1) is 11.5. The van der Waals surface area contributed by atoms with E-state index in [2.05, 4.69) is 20.5 Å². The third-order valence-corrected chi connectivity index (χ3v) is 4.13. The van der Waals surface area contributed by atoms with Crippen molar-refractivity contribution >= 4 is 35.2 Å². The molecule has 8 nitrogen and oxygen atoms in total. The Balaban J connectivity index is 1.88. The number of nitrogens with zero attached hydrogens (tertiary/aromatic N) is 3. The SMILES string of the molecule is CCN(CC)C(=O)c1ccc(NC(=O)CSc2n[nH]c(N)n2)cc1. The molecular formula is C15H20N6O2S. The second kappa shape index (κ2) is 8.34. The van der Waals surface area contributed by atoms with E-state index < -0.39 is 0 Å². The van der Waals surface area contributed by atoms with Crippen molar-refractivity contribution in [3.63, 3.8) is 0 Å².